The van der Waals surface area contributed by atoms with Gasteiger partial charge in [-0.25, -0.2) is 4.98 Å². The summed E-state index contributed by atoms with van der Waals surface area (Å²) in [7, 11) is 1.59. The number of carbonyl (C=O) groups excluding carboxylic acids is 1. The van der Waals surface area contributed by atoms with Crippen LogP contribution in [0.1, 0.15) is 17.5 Å². The lowest BCUT2D eigenvalue weighted by Gasteiger charge is -2.10. The number of pyridine rings is 1. The van der Waals surface area contributed by atoms with Crippen LogP contribution in [0.5, 0.6) is 5.75 Å². The maximum atomic E-state index is 12.2. The van der Waals surface area contributed by atoms with Crippen molar-refractivity contribution in [2.24, 2.45) is 0 Å². The van der Waals surface area contributed by atoms with Gasteiger partial charge in [-0.1, -0.05) is 30.3 Å². The van der Waals surface area contributed by atoms with Gasteiger partial charge in [0.15, 0.2) is 0 Å². The van der Waals surface area contributed by atoms with Crippen molar-refractivity contribution >= 4 is 34.3 Å². The van der Waals surface area contributed by atoms with E-state index in [0.29, 0.717) is 23.6 Å². The van der Waals surface area contributed by atoms with Gasteiger partial charge in [-0.2, -0.15) is 0 Å². The number of amides is 1. The van der Waals surface area contributed by atoms with Crippen molar-refractivity contribution in [3.05, 3.63) is 59.7 Å². The molecule has 0 atom stereocenters. The van der Waals surface area contributed by atoms with Crippen molar-refractivity contribution in [3.8, 4) is 5.75 Å². The molecule has 1 heterocycles. The van der Waals surface area contributed by atoms with Crippen LogP contribution in [0, 0.1) is 13.8 Å². The monoisotopic (exact) mass is 366 g/mol. The van der Waals surface area contributed by atoms with Gasteiger partial charge in [0.2, 0.25) is 5.91 Å². The number of para-hydroxylation sites is 3. The van der Waals surface area contributed by atoms with E-state index in [1.165, 1.54) is 16.5 Å². The number of carbonyl (C=O) groups is 1. The molecule has 134 valence electrons. The first-order chi connectivity index (χ1) is 12.6. The van der Waals surface area contributed by atoms with Gasteiger partial charge in [0.25, 0.3) is 0 Å². The maximum Gasteiger partial charge on any atom is 0.225 e. The second kappa shape index (κ2) is 8.23. The molecule has 0 saturated heterocycles. The number of thioether (sulfide) groups is 1. The Bertz CT molecular complexity index is 940. The maximum absolute atomic E-state index is 12.2. The molecule has 3 aromatic rings. The zero-order valence-corrected chi connectivity index (χ0v) is 16.0. The Balaban J connectivity index is 1.62. The SMILES string of the molecule is COc1ccccc1NC(=O)CCSc1cc(C)c2cccc(C)c2n1. The van der Waals surface area contributed by atoms with Crippen molar-refractivity contribution in [1.29, 1.82) is 0 Å². The molecule has 2 aromatic carbocycles. The van der Waals surface area contributed by atoms with E-state index in [1.54, 1.807) is 18.9 Å². The number of rotatable bonds is 6. The summed E-state index contributed by atoms with van der Waals surface area (Å²) in [5, 5.41) is 5.04. The van der Waals surface area contributed by atoms with Crippen LogP contribution in [0.2, 0.25) is 0 Å². The lowest BCUT2D eigenvalue weighted by Crippen LogP contribution is -2.12. The average molecular weight is 366 g/mol. The highest BCUT2D eigenvalue weighted by Gasteiger charge is 2.09. The predicted molar refractivity (Wildman–Crippen MR) is 108 cm³/mol. The minimum Gasteiger partial charge on any atom is -0.495 e. The summed E-state index contributed by atoms with van der Waals surface area (Å²) in [5.74, 6) is 1.30. The van der Waals surface area contributed by atoms with E-state index in [0.717, 1.165) is 10.5 Å². The molecule has 1 N–H and O–H groups in total. The number of anilines is 1. The quantitative estimate of drug-likeness (QED) is 0.625. The van der Waals surface area contributed by atoms with Crippen molar-refractivity contribution < 1.29 is 9.53 Å². The molecule has 0 spiro atoms. The Morgan fingerprint density at radius 3 is 2.73 bits per heavy atom. The van der Waals surface area contributed by atoms with Crippen LogP contribution in [-0.4, -0.2) is 23.8 Å². The second-order valence-corrected chi connectivity index (χ2v) is 7.21. The van der Waals surface area contributed by atoms with E-state index >= 15 is 0 Å². The van der Waals surface area contributed by atoms with E-state index in [4.69, 9.17) is 9.72 Å². The normalized spacial score (nSPS) is 10.7. The van der Waals surface area contributed by atoms with Gasteiger partial charge in [0.05, 0.1) is 23.3 Å². The van der Waals surface area contributed by atoms with Crippen LogP contribution in [0.3, 0.4) is 0 Å². The summed E-state index contributed by atoms with van der Waals surface area (Å²) in [5.41, 5.74) is 4.11. The zero-order valence-electron chi connectivity index (χ0n) is 15.2. The minimum atomic E-state index is -0.0318. The zero-order chi connectivity index (χ0) is 18.5. The number of nitrogens with one attached hydrogen (secondary N) is 1. The third-order valence-corrected chi connectivity index (χ3v) is 5.10. The number of benzene rings is 2. The molecular formula is C21H22N2O2S. The van der Waals surface area contributed by atoms with Crippen molar-refractivity contribution in [3.63, 3.8) is 0 Å². The first kappa shape index (κ1) is 18.3. The summed E-state index contributed by atoms with van der Waals surface area (Å²) in [6.07, 6.45) is 0.412. The first-order valence-corrected chi connectivity index (χ1v) is 9.49. The molecule has 0 saturated carbocycles. The van der Waals surface area contributed by atoms with Crippen LogP contribution in [0.25, 0.3) is 10.9 Å². The van der Waals surface area contributed by atoms with E-state index in [9.17, 15) is 4.79 Å². The lowest BCUT2D eigenvalue weighted by atomic mass is 10.1. The van der Waals surface area contributed by atoms with E-state index in [-0.39, 0.29) is 5.91 Å². The van der Waals surface area contributed by atoms with Gasteiger partial charge in [-0.05, 0) is 43.2 Å². The third kappa shape index (κ3) is 4.17. The molecule has 4 nitrogen and oxygen atoms in total. The summed E-state index contributed by atoms with van der Waals surface area (Å²) >= 11 is 1.60. The highest BCUT2D eigenvalue weighted by atomic mass is 32.2. The van der Waals surface area contributed by atoms with Crippen LogP contribution in [0.4, 0.5) is 5.69 Å². The van der Waals surface area contributed by atoms with E-state index < -0.39 is 0 Å². The molecule has 0 aliphatic carbocycles. The molecule has 26 heavy (non-hydrogen) atoms. The van der Waals surface area contributed by atoms with Gasteiger partial charge in [0, 0.05) is 17.6 Å². The molecule has 0 bridgehead atoms. The standard InChI is InChI=1S/C21H22N2O2S/c1-14-7-6-8-16-15(2)13-20(23-21(14)16)26-12-11-19(24)22-17-9-4-5-10-18(17)25-3/h4-10,13H,11-12H2,1-3H3,(H,22,24). The Morgan fingerprint density at radius 2 is 1.92 bits per heavy atom. The second-order valence-electron chi connectivity index (χ2n) is 6.10. The van der Waals surface area contributed by atoms with E-state index in [1.807, 2.05) is 24.3 Å². The van der Waals surface area contributed by atoms with Gasteiger partial charge in [0.1, 0.15) is 5.75 Å². The van der Waals surface area contributed by atoms with Crippen LogP contribution < -0.4 is 10.1 Å². The highest BCUT2D eigenvalue weighted by molar-refractivity contribution is 7.99. The molecule has 0 unspecified atom stereocenters. The number of aromatic nitrogens is 1. The van der Waals surface area contributed by atoms with Gasteiger partial charge >= 0.3 is 0 Å². The number of hydrogen-bond acceptors (Lipinski definition) is 4. The Morgan fingerprint density at radius 1 is 1.12 bits per heavy atom. The largest absolute Gasteiger partial charge is 0.495 e. The number of ether oxygens (including phenoxy) is 1. The summed E-state index contributed by atoms with van der Waals surface area (Å²) in [6, 6.07) is 15.7. The smallest absolute Gasteiger partial charge is 0.225 e. The fourth-order valence-electron chi connectivity index (χ4n) is 2.81. The Labute approximate surface area is 158 Å². The molecule has 5 heteroatoms. The molecule has 1 amide bonds. The molecular weight excluding hydrogens is 344 g/mol. The fraction of sp³-hybridized carbons (Fsp3) is 0.238. The van der Waals surface area contributed by atoms with E-state index in [2.05, 4.69) is 43.4 Å². The first-order valence-electron chi connectivity index (χ1n) is 8.51. The number of fused-ring (bicyclic) bond motifs is 1. The Hall–Kier alpha value is -2.53. The van der Waals surface area contributed by atoms with Crippen LogP contribution >= 0.6 is 11.8 Å². The highest BCUT2D eigenvalue weighted by Crippen LogP contribution is 2.27. The lowest BCUT2D eigenvalue weighted by molar-refractivity contribution is -0.115. The average Bonchev–Trinajstić information content (AvgIpc) is 2.63. The predicted octanol–water partition coefficient (Wildman–Crippen LogP) is 4.98. The number of aryl methyl sites for hydroxylation is 2. The van der Waals surface area contributed by atoms with Crippen LogP contribution in [-0.2, 0) is 4.79 Å². The third-order valence-electron chi connectivity index (χ3n) is 4.18. The fourth-order valence-corrected chi connectivity index (χ4v) is 3.73. The summed E-state index contributed by atoms with van der Waals surface area (Å²) in [6.45, 7) is 4.17. The number of nitrogens with zero attached hydrogens (tertiary/aromatic N) is 1. The van der Waals surface area contributed by atoms with Crippen LogP contribution in [0.15, 0.2) is 53.6 Å². The Kier molecular flexibility index (Phi) is 5.78. The molecule has 0 aliphatic heterocycles. The van der Waals surface area contributed by atoms with Gasteiger partial charge in [-0.3, -0.25) is 4.79 Å². The topological polar surface area (TPSA) is 51.2 Å². The van der Waals surface area contributed by atoms with Gasteiger partial charge in [-0.15, -0.1) is 11.8 Å². The molecule has 0 fully saturated rings. The molecule has 1 aromatic heterocycles. The summed E-state index contributed by atoms with van der Waals surface area (Å²) in [4.78, 5) is 17.0. The minimum absolute atomic E-state index is 0.0318. The number of methoxy groups -OCH3 is 1. The number of hydrogen-bond donors (Lipinski definition) is 1. The van der Waals surface area contributed by atoms with Crippen molar-refractivity contribution in [2.45, 2.75) is 25.3 Å². The molecule has 3 rings (SSSR count). The molecule has 0 aliphatic rings. The molecule has 0 radical (unpaired) electrons. The summed E-state index contributed by atoms with van der Waals surface area (Å²) < 4.78 is 5.26. The van der Waals surface area contributed by atoms with Gasteiger partial charge < -0.3 is 10.1 Å². The van der Waals surface area contributed by atoms with Crippen molar-refractivity contribution in [2.75, 3.05) is 18.2 Å². The van der Waals surface area contributed by atoms with Crippen molar-refractivity contribution in [1.82, 2.24) is 4.98 Å².